The zero-order chi connectivity index (χ0) is 19.6. The lowest BCUT2D eigenvalue weighted by Crippen LogP contribution is -2.40. The van der Waals surface area contributed by atoms with Crippen LogP contribution in [0, 0.1) is 37.0 Å². The third-order valence-electron chi connectivity index (χ3n) is 6.06. The number of hydrogen-bond acceptors (Lipinski definition) is 4. The van der Waals surface area contributed by atoms with Gasteiger partial charge in [0.25, 0.3) is 0 Å². The second kappa shape index (κ2) is 5.80. The Bertz CT molecular complexity index is 1080. The van der Waals surface area contributed by atoms with E-state index in [-0.39, 0.29) is 17.9 Å². The van der Waals surface area contributed by atoms with Gasteiger partial charge in [-0.15, -0.1) is 0 Å². The molecule has 0 aliphatic carbocycles. The zero-order valence-electron chi connectivity index (χ0n) is 15.7. The van der Waals surface area contributed by atoms with Crippen LogP contribution < -0.4 is 4.90 Å². The first kappa shape index (κ1) is 16.8. The molecule has 0 N–H and O–H groups in total. The minimum atomic E-state index is -0.654. The molecule has 5 rings (SSSR count). The van der Waals surface area contributed by atoms with Crippen LogP contribution in [-0.2, 0) is 9.59 Å². The van der Waals surface area contributed by atoms with Gasteiger partial charge in [-0.1, -0.05) is 30.3 Å². The number of imide groups is 1. The minimum absolute atomic E-state index is 0.210. The van der Waals surface area contributed by atoms with Gasteiger partial charge in [-0.2, -0.15) is 5.26 Å². The quantitative estimate of drug-likeness (QED) is 0.723. The summed E-state index contributed by atoms with van der Waals surface area (Å²) in [4.78, 5) is 30.0. The number of rotatable bonds is 1. The summed E-state index contributed by atoms with van der Waals surface area (Å²) in [5.74, 6) is -1.69. The van der Waals surface area contributed by atoms with Crippen LogP contribution in [0.25, 0.3) is 6.08 Å². The Hall–Kier alpha value is -3.39. The number of fused-ring (bicyclic) bond motifs is 5. The Morgan fingerprint density at radius 3 is 2.36 bits per heavy atom. The molecule has 3 heterocycles. The SMILES string of the molecule is Cc1cc(C)cc(N2C(=O)[C@@H]3[C@H](C2=O)[C@@H]2c4ccccc4C=CN2[C@H]3C#N)c1. The highest BCUT2D eigenvalue weighted by atomic mass is 16.2. The van der Waals surface area contributed by atoms with E-state index in [0.717, 1.165) is 22.3 Å². The van der Waals surface area contributed by atoms with Crippen LogP contribution in [0.4, 0.5) is 5.69 Å². The largest absolute Gasteiger partial charge is 0.353 e. The summed E-state index contributed by atoms with van der Waals surface area (Å²) in [6.07, 6.45) is 3.81. The fourth-order valence-electron chi connectivity index (χ4n) is 5.04. The van der Waals surface area contributed by atoms with E-state index >= 15 is 0 Å². The molecular formula is C23H19N3O2. The summed E-state index contributed by atoms with van der Waals surface area (Å²) in [5.41, 5.74) is 4.63. The Kier molecular flexibility index (Phi) is 3.47. The van der Waals surface area contributed by atoms with Crippen LogP contribution in [0.2, 0.25) is 0 Å². The van der Waals surface area contributed by atoms with Gasteiger partial charge >= 0.3 is 0 Å². The first-order chi connectivity index (χ1) is 13.5. The van der Waals surface area contributed by atoms with E-state index in [1.165, 1.54) is 4.90 Å². The molecule has 138 valence electrons. The third kappa shape index (κ3) is 2.12. The molecule has 0 bridgehead atoms. The number of anilines is 1. The summed E-state index contributed by atoms with van der Waals surface area (Å²) in [6.45, 7) is 3.90. The molecule has 2 saturated heterocycles. The minimum Gasteiger partial charge on any atom is -0.353 e. The molecule has 5 heteroatoms. The second-order valence-corrected chi connectivity index (χ2v) is 7.82. The highest BCUT2D eigenvalue weighted by Crippen LogP contribution is 2.52. The van der Waals surface area contributed by atoms with Gasteiger partial charge in [-0.05, 0) is 54.3 Å². The van der Waals surface area contributed by atoms with Crippen molar-refractivity contribution >= 4 is 23.6 Å². The predicted molar refractivity (Wildman–Crippen MR) is 105 cm³/mol. The van der Waals surface area contributed by atoms with E-state index in [2.05, 4.69) is 6.07 Å². The van der Waals surface area contributed by atoms with Gasteiger partial charge in [0, 0.05) is 6.20 Å². The summed E-state index contributed by atoms with van der Waals surface area (Å²) >= 11 is 0. The van der Waals surface area contributed by atoms with Crippen LogP contribution in [-0.4, -0.2) is 22.8 Å². The van der Waals surface area contributed by atoms with Crippen LogP contribution in [0.3, 0.4) is 0 Å². The summed E-state index contributed by atoms with van der Waals surface area (Å²) in [7, 11) is 0. The van der Waals surface area contributed by atoms with Gasteiger partial charge in [-0.25, -0.2) is 4.90 Å². The molecule has 0 saturated carbocycles. The van der Waals surface area contributed by atoms with Crippen LogP contribution >= 0.6 is 0 Å². The molecule has 2 amide bonds. The van der Waals surface area contributed by atoms with Gasteiger partial charge < -0.3 is 4.90 Å². The molecule has 2 fully saturated rings. The Balaban J connectivity index is 1.65. The Morgan fingerprint density at radius 2 is 1.64 bits per heavy atom. The van der Waals surface area contributed by atoms with E-state index in [1.54, 1.807) is 0 Å². The Labute approximate surface area is 163 Å². The molecular weight excluding hydrogens is 350 g/mol. The number of carbonyl (C=O) groups excluding carboxylic acids is 2. The fourth-order valence-corrected chi connectivity index (χ4v) is 5.04. The summed E-state index contributed by atoms with van der Waals surface area (Å²) < 4.78 is 0. The lowest BCUT2D eigenvalue weighted by molar-refractivity contribution is -0.123. The predicted octanol–water partition coefficient (Wildman–Crippen LogP) is 3.34. The van der Waals surface area contributed by atoms with Crippen molar-refractivity contribution in [2.24, 2.45) is 11.8 Å². The number of carbonyl (C=O) groups is 2. The molecule has 2 aromatic carbocycles. The topological polar surface area (TPSA) is 64.4 Å². The monoisotopic (exact) mass is 369 g/mol. The maximum Gasteiger partial charge on any atom is 0.240 e. The molecule has 3 aliphatic heterocycles. The van der Waals surface area contributed by atoms with E-state index in [9.17, 15) is 14.9 Å². The highest BCUT2D eigenvalue weighted by Gasteiger charge is 2.63. The normalized spacial score (nSPS) is 27.5. The van der Waals surface area contributed by atoms with Crippen molar-refractivity contribution in [3.8, 4) is 6.07 Å². The highest BCUT2D eigenvalue weighted by molar-refractivity contribution is 6.23. The van der Waals surface area contributed by atoms with Crippen LogP contribution in [0.15, 0.2) is 48.7 Å². The van der Waals surface area contributed by atoms with Crippen LogP contribution in [0.1, 0.15) is 28.3 Å². The maximum atomic E-state index is 13.5. The molecule has 0 spiro atoms. The number of aryl methyl sites for hydroxylation is 2. The van der Waals surface area contributed by atoms with E-state index in [4.69, 9.17) is 0 Å². The summed E-state index contributed by atoms with van der Waals surface area (Å²) in [6, 6.07) is 15.0. The van der Waals surface area contributed by atoms with Crippen molar-refractivity contribution < 1.29 is 9.59 Å². The van der Waals surface area contributed by atoms with Crippen molar-refractivity contribution in [1.82, 2.24) is 4.90 Å². The molecule has 2 aromatic rings. The van der Waals surface area contributed by atoms with E-state index in [0.29, 0.717) is 5.69 Å². The average molecular weight is 369 g/mol. The molecule has 3 aliphatic rings. The average Bonchev–Trinajstić information content (AvgIpc) is 3.13. The van der Waals surface area contributed by atoms with Gasteiger partial charge in [0.1, 0.15) is 6.04 Å². The maximum absolute atomic E-state index is 13.5. The molecule has 28 heavy (non-hydrogen) atoms. The smallest absolute Gasteiger partial charge is 0.240 e. The van der Waals surface area contributed by atoms with Crippen LogP contribution in [0.5, 0.6) is 0 Å². The van der Waals surface area contributed by atoms with E-state index < -0.39 is 17.9 Å². The van der Waals surface area contributed by atoms with Gasteiger partial charge in [0.05, 0.1) is 29.6 Å². The Morgan fingerprint density at radius 1 is 0.964 bits per heavy atom. The number of nitrogens with zero attached hydrogens (tertiary/aromatic N) is 3. The second-order valence-electron chi connectivity index (χ2n) is 7.82. The van der Waals surface area contributed by atoms with Crippen molar-refractivity contribution in [3.05, 3.63) is 70.9 Å². The lowest BCUT2D eigenvalue weighted by atomic mass is 9.85. The first-order valence-corrected chi connectivity index (χ1v) is 9.41. The standard InChI is InChI=1S/C23H19N3O2/c1-13-9-14(2)11-16(10-13)26-22(27)19-18(12-24)25-8-7-15-5-3-4-6-17(15)21(25)20(19)23(26)28/h3-11,18-21H,1-2H3/t18-,19-,20-,21-/m0/s1. The number of hydrogen-bond donors (Lipinski definition) is 0. The zero-order valence-corrected chi connectivity index (χ0v) is 15.7. The van der Waals surface area contributed by atoms with Crippen molar-refractivity contribution in [1.29, 1.82) is 5.26 Å². The number of amides is 2. The molecule has 0 unspecified atom stereocenters. The number of benzene rings is 2. The molecule has 0 aromatic heterocycles. The molecule has 0 radical (unpaired) electrons. The first-order valence-electron chi connectivity index (χ1n) is 9.41. The number of nitriles is 1. The van der Waals surface area contributed by atoms with Gasteiger partial charge in [0.15, 0.2) is 0 Å². The fraction of sp³-hybridized carbons (Fsp3) is 0.261. The summed E-state index contributed by atoms with van der Waals surface area (Å²) in [5, 5.41) is 9.84. The van der Waals surface area contributed by atoms with Crippen molar-refractivity contribution in [2.45, 2.75) is 25.9 Å². The third-order valence-corrected chi connectivity index (χ3v) is 6.06. The van der Waals surface area contributed by atoms with Gasteiger partial charge in [-0.3, -0.25) is 9.59 Å². The van der Waals surface area contributed by atoms with Crippen molar-refractivity contribution in [3.63, 3.8) is 0 Å². The van der Waals surface area contributed by atoms with E-state index in [1.807, 2.05) is 73.5 Å². The van der Waals surface area contributed by atoms with Gasteiger partial charge in [0.2, 0.25) is 11.8 Å². The lowest BCUT2D eigenvalue weighted by Gasteiger charge is -2.33. The molecule has 5 nitrogen and oxygen atoms in total. The molecule has 4 atom stereocenters. The van der Waals surface area contributed by atoms with Crippen molar-refractivity contribution in [2.75, 3.05) is 4.90 Å².